The standard InChI is InChI=1S/C25H21F2N5O3S.C25H20F2N4O3.2C7H12FN/c1-4-16-19(26)6-5-14-11-15(33)12-17(20(14)16)22-21(27)23-18(13-28-22)24(30-25(29-23)35-3)32-8-7-31(2)36(34)10-9-32;1-3-16-19(26)5-4-13-10-15(33)11-17(20(13)16)22-21(27)23-18(12-28-22)24(30-25(29-23)34-2)31-8-6-14(32)7-9-31;2*8-6-4-7-2-1-3-9(7)5-6/h1,5-6,11-13,33H,7-10H2,2-3H3;1,4-5,10-12,14,32-33H,6-9H2,2H3;2*6-7H,1-5H2. The zero-order valence-electron chi connectivity index (χ0n) is 48.7. The summed E-state index contributed by atoms with van der Waals surface area (Å²) in [6, 6.07) is 11.9. The second kappa shape index (κ2) is 26.3. The molecule has 10 heterocycles. The molecule has 0 spiro atoms. The topological polar surface area (TPSA) is 190 Å². The highest BCUT2D eigenvalue weighted by Gasteiger charge is 2.36. The van der Waals surface area contributed by atoms with E-state index >= 15 is 8.78 Å². The minimum absolute atomic E-state index is 0.0270. The number of aromatic hydroxyl groups is 2. The van der Waals surface area contributed by atoms with Crippen LogP contribution in [0.2, 0.25) is 0 Å². The lowest BCUT2D eigenvalue weighted by molar-refractivity contribution is 0.145. The average Bonchev–Trinajstić information content (AvgIpc) is 1.75. The first-order valence-corrected chi connectivity index (χ1v) is 30.4. The fourth-order valence-corrected chi connectivity index (χ4v) is 13.7. The summed E-state index contributed by atoms with van der Waals surface area (Å²) in [5.74, 6) is 2.70. The number of phenolic OH excluding ortho intramolecular Hbond substituents is 2. The monoisotopic (exact) mass is 1230 g/mol. The van der Waals surface area contributed by atoms with Crippen LogP contribution in [0.4, 0.5) is 38.0 Å². The molecule has 6 fully saturated rings. The lowest BCUT2D eigenvalue weighted by Crippen LogP contribution is -2.36. The number of phenols is 2. The van der Waals surface area contributed by atoms with Gasteiger partial charge >= 0.3 is 12.0 Å². The lowest BCUT2D eigenvalue weighted by Gasteiger charge is -2.31. The van der Waals surface area contributed by atoms with Crippen LogP contribution in [0.15, 0.2) is 60.9 Å². The number of anilines is 2. The van der Waals surface area contributed by atoms with Crippen molar-refractivity contribution in [1.82, 2.24) is 44.0 Å². The number of methoxy groups -OCH3 is 2. The minimum atomic E-state index is -1.13. The Labute approximate surface area is 506 Å². The van der Waals surface area contributed by atoms with Crippen LogP contribution in [0.5, 0.6) is 23.5 Å². The van der Waals surface area contributed by atoms with Crippen LogP contribution < -0.4 is 19.3 Å². The summed E-state index contributed by atoms with van der Waals surface area (Å²) in [4.78, 5) is 34.3. The number of likely N-dealkylation sites (N-methyl/N-ethyl adjacent to an activating group) is 1. The van der Waals surface area contributed by atoms with E-state index in [9.17, 15) is 37.1 Å². The van der Waals surface area contributed by atoms with Gasteiger partial charge in [0.15, 0.2) is 11.6 Å². The van der Waals surface area contributed by atoms with E-state index in [0.29, 0.717) is 110 Å². The van der Waals surface area contributed by atoms with Gasteiger partial charge in [-0.15, -0.1) is 12.8 Å². The summed E-state index contributed by atoms with van der Waals surface area (Å²) in [6.07, 6.45) is 20.3. The molecule has 3 N–H and O–H groups in total. The molecule has 460 valence electrons. The highest BCUT2D eigenvalue weighted by atomic mass is 32.2. The third-order valence-corrected chi connectivity index (χ3v) is 18.5. The van der Waals surface area contributed by atoms with Gasteiger partial charge in [0, 0.05) is 92.2 Å². The number of alkyl halides is 2. The largest absolute Gasteiger partial charge is 0.508 e. The van der Waals surface area contributed by atoms with Gasteiger partial charge in [0.1, 0.15) is 69.5 Å². The number of aliphatic hydroxyl groups excluding tert-OH is 1. The van der Waals surface area contributed by atoms with Crippen molar-refractivity contribution in [3.8, 4) is 70.7 Å². The molecule has 6 saturated heterocycles. The van der Waals surface area contributed by atoms with E-state index in [1.807, 2.05) is 9.80 Å². The Bertz CT molecular complexity index is 4020. The highest BCUT2D eigenvalue weighted by molar-refractivity contribution is 7.82. The van der Waals surface area contributed by atoms with Crippen molar-refractivity contribution >= 4 is 66.0 Å². The van der Waals surface area contributed by atoms with Gasteiger partial charge in [0.2, 0.25) is 0 Å². The molecule has 6 aliphatic heterocycles. The van der Waals surface area contributed by atoms with Crippen molar-refractivity contribution in [1.29, 1.82) is 0 Å². The van der Waals surface area contributed by atoms with Gasteiger partial charge in [0.05, 0.1) is 59.0 Å². The predicted molar refractivity (Wildman–Crippen MR) is 326 cm³/mol. The molecule has 5 unspecified atom stereocenters. The Kier molecular flexibility index (Phi) is 18.4. The predicted octanol–water partition coefficient (Wildman–Crippen LogP) is 9.40. The number of piperidine rings is 1. The molecule has 0 radical (unpaired) electrons. The Morgan fingerprint density at radius 2 is 1.07 bits per heavy atom. The number of hydrogen-bond acceptors (Lipinski definition) is 16. The molecular weight excluding hydrogens is 1160 g/mol. The third kappa shape index (κ3) is 12.5. The second-order valence-electron chi connectivity index (χ2n) is 22.6. The molecule has 4 aromatic heterocycles. The molecule has 8 aromatic rings. The minimum Gasteiger partial charge on any atom is -0.508 e. The molecule has 17 nitrogen and oxygen atoms in total. The normalized spacial score (nSPS) is 21.4. The number of terminal acetylenes is 2. The van der Waals surface area contributed by atoms with Gasteiger partial charge < -0.3 is 34.6 Å². The lowest BCUT2D eigenvalue weighted by atomic mass is 9.96. The summed E-state index contributed by atoms with van der Waals surface area (Å²) < 4.78 is 111. The molecule has 5 atom stereocenters. The number of hydrogen-bond donors (Lipinski definition) is 3. The molecule has 6 aliphatic rings. The van der Waals surface area contributed by atoms with Gasteiger partial charge in [-0.1, -0.05) is 24.0 Å². The number of aromatic nitrogens is 6. The Morgan fingerprint density at radius 1 is 0.614 bits per heavy atom. The van der Waals surface area contributed by atoms with Gasteiger partial charge in [0.25, 0.3) is 0 Å². The summed E-state index contributed by atoms with van der Waals surface area (Å²) in [5.41, 5.74) is -0.244. The Balaban J connectivity index is 0.000000141. The first kappa shape index (κ1) is 61.5. The van der Waals surface area contributed by atoms with E-state index in [2.05, 4.69) is 51.5 Å². The van der Waals surface area contributed by atoms with E-state index in [1.54, 1.807) is 11.4 Å². The van der Waals surface area contributed by atoms with Gasteiger partial charge in [-0.3, -0.25) is 19.8 Å². The van der Waals surface area contributed by atoms with Crippen molar-refractivity contribution in [2.45, 2.75) is 81.9 Å². The molecule has 24 heteroatoms. The van der Waals surface area contributed by atoms with Crippen molar-refractivity contribution in [2.24, 2.45) is 0 Å². The van der Waals surface area contributed by atoms with E-state index in [1.165, 1.54) is 101 Å². The number of rotatable bonds is 6. The van der Waals surface area contributed by atoms with Crippen molar-refractivity contribution in [2.75, 3.05) is 95.7 Å². The van der Waals surface area contributed by atoms with Crippen molar-refractivity contribution in [3.63, 3.8) is 0 Å². The number of ether oxygens (including phenoxy) is 2. The third-order valence-electron chi connectivity index (χ3n) is 17.1. The molecule has 0 aliphatic carbocycles. The van der Waals surface area contributed by atoms with Crippen LogP contribution in [-0.4, -0.2) is 180 Å². The summed E-state index contributed by atoms with van der Waals surface area (Å²) in [6.45, 7) is 6.22. The quantitative estimate of drug-likeness (QED) is 0.105. The summed E-state index contributed by atoms with van der Waals surface area (Å²) in [5, 5.41) is 32.5. The Morgan fingerprint density at radius 3 is 1.50 bits per heavy atom. The number of nitrogens with zero attached hydrogens (tertiary/aromatic N) is 11. The van der Waals surface area contributed by atoms with Crippen LogP contribution >= 0.6 is 0 Å². The maximum atomic E-state index is 16.1. The van der Waals surface area contributed by atoms with Crippen LogP contribution in [0.1, 0.15) is 62.5 Å². The van der Waals surface area contributed by atoms with Crippen LogP contribution in [0.25, 0.3) is 65.9 Å². The van der Waals surface area contributed by atoms with E-state index in [4.69, 9.17) is 22.3 Å². The molecule has 0 saturated carbocycles. The van der Waals surface area contributed by atoms with Crippen LogP contribution in [0.3, 0.4) is 0 Å². The maximum Gasteiger partial charge on any atom is 0.318 e. The van der Waals surface area contributed by atoms with Crippen LogP contribution in [0, 0.1) is 48.0 Å². The second-order valence-corrected chi connectivity index (χ2v) is 24.3. The zero-order valence-corrected chi connectivity index (χ0v) is 49.5. The van der Waals surface area contributed by atoms with Gasteiger partial charge in [-0.05, 0) is 119 Å². The van der Waals surface area contributed by atoms with E-state index in [0.717, 1.165) is 25.9 Å². The number of halogens is 6. The molecule has 14 rings (SSSR count). The molecule has 0 bridgehead atoms. The van der Waals surface area contributed by atoms with Gasteiger partial charge in [-0.25, -0.2) is 34.9 Å². The molecule has 0 amide bonds. The van der Waals surface area contributed by atoms with E-state index in [-0.39, 0.29) is 79.0 Å². The maximum absolute atomic E-state index is 16.1. The van der Waals surface area contributed by atoms with Gasteiger partial charge in [-0.2, -0.15) is 19.9 Å². The SMILES string of the molecule is C#Cc1c(F)ccc2cc(O)cc(-c3ncc4c(N5CCC(O)CC5)nc(OC)nc4c3F)c12.C#Cc1c(F)ccc2cc(O)cc(-c3ncc4c(N5CCN(C)S(=O)CC5)nc(OC)nc4c3F)c12.FC1CC2CCCN2C1.FC1CC2CCCN2C1. The number of fused-ring (bicyclic) bond motifs is 6. The Hall–Kier alpha value is -8.13. The molecule has 4 aromatic carbocycles. The first-order valence-electron chi connectivity index (χ1n) is 29.1. The highest BCUT2D eigenvalue weighted by Crippen LogP contribution is 2.42. The fourth-order valence-electron chi connectivity index (χ4n) is 12.8. The van der Waals surface area contributed by atoms with Crippen molar-refractivity contribution in [3.05, 3.63) is 95.3 Å². The fraction of sp³-hybridized carbons (Fsp3) is 0.406. The summed E-state index contributed by atoms with van der Waals surface area (Å²) in [7, 11) is 3.40. The van der Waals surface area contributed by atoms with Crippen molar-refractivity contribution < 1.29 is 55.3 Å². The average molecular weight is 1230 g/mol. The number of aliphatic hydroxyl groups is 1. The first-order chi connectivity index (χ1) is 42.4. The zero-order chi connectivity index (χ0) is 62.1. The number of benzene rings is 4. The molecular formula is C64H65F6N11O6S. The molecule has 88 heavy (non-hydrogen) atoms. The smallest absolute Gasteiger partial charge is 0.318 e. The van der Waals surface area contributed by atoms with E-state index < -0.39 is 52.7 Å². The number of pyridine rings is 2. The summed E-state index contributed by atoms with van der Waals surface area (Å²) >= 11 is 0. The van der Waals surface area contributed by atoms with Crippen LogP contribution in [-0.2, 0) is 11.0 Å².